The summed E-state index contributed by atoms with van der Waals surface area (Å²) in [5, 5.41) is 9.08. The molecule has 1 aromatic rings. The Bertz CT molecular complexity index is 446. The molecule has 0 aromatic heterocycles. The van der Waals surface area contributed by atoms with E-state index < -0.39 is 0 Å². The number of ether oxygens (including phenoxy) is 1. The van der Waals surface area contributed by atoms with Crippen molar-refractivity contribution >= 4 is 0 Å². The zero-order chi connectivity index (χ0) is 13.0. The maximum atomic E-state index is 9.08. The smallest absolute Gasteiger partial charge is 0.136 e. The van der Waals surface area contributed by atoms with Gasteiger partial charge >= 0.3 is 0 Å². The lowest BCUT2D eigenvalue weighted by Gasteiger charge is -2.20. The first kappa shape index (κ1) is 12.9. The fraction of sp³-hybridized carbons (Fsp3) is 0.533. The maximum absolute atomic E-state index is 9.08. The maximum Gasteiger partial charge on any atom is 0.136 e. The molecular formula is C15H20N2O. The summed E-state index contributed by atoms with van der Waals surface area (Å²) in [6.45, 7) is 5.36. The second kappa shape index (κ2) is 5.88. The molecule has 0 spiro atoms. The number of nitriles is 1. The zero-order valence-electron chi connectivity index (χ0n) is 11.1. The summed E-state index contributed by atoms with van der Waals surface area (Å²) in [7, 11) is 1.60. The van der Waals surface area contributed by atoms with E-state index in [1.54, 1.807) is 7.11 Å². The van der Waals surface area contributed by atoms with Gasteiger partial charge in [0.05, 0.1) is 12.7 Å². The van der Waals surface area contributed by atoms with Gasteiger partial charge < -0.3 is 4.74 Å². The predicted octanol–water partition coefficient (Wildman–Crippen LogP) is 2.80. The standard InChI is InChI=1S/C15H20N2O/c1-3-17(10-12-4-5-12)11-13-6-7-15(18-2)14(8-13)9-16/h6-8,12H,3-5,10-11H2,1-2H3. The summed E-state index contributed by atoms with van der Waals surface area (Å²) in [5.41, 5.74) is 1.81. The van der Waals surface area contributed by atoms with Crippen molar-refractivity contribution in [2.75, 3.05) is 20.2 Å². The van der Waals surface area contributed by atoms with E-state index in [4.69, 9.17) is 10.00 Å². The van der Waals surface area contributed by atoms with E-state index in [9.17, 15) is 0 Å². The Morgan fingerprint density at radius 3 is 2.78 bits per heavy atom. The van der Waals surface area contributed by atoms with Crippen molar-refractivity contribution in [3.63, 3.8) is 0 Å². The Labute approximate surface area is 109 Å². The first-order valence-electron chi connectivity index (χ1n) is 6.56. The van der Waals surface area contributed by atoms with Gasteiger partial charge in [0.25, 0.3) is 0 Å². The van der Waals surface area contributed by atoms with Crippen LogP contribution in [0.3, 0.4) is 0 Å². The number of methoxy groups -OCH3 is 1. The van der Waals surface area contributed by atoms with Gasteiger partial charge in [-0.3, -0.25) is 4.90 Å². The van der Waals surface area contributed by atoms with E-state index in [1.807, 2.05) is 12.1 Å². The van der Waals surface area contributed by atoms with Gasteiger partial charge in [-0.15, -0.1) is 0 Å². The fourth-order valence-corrected chi connectivity index (χ4v) is 2.17. The lowest BCUT2D eigenvalue weighted by atomic mass is 10.1. The minimum atomic E-state index is 0.623. The number of nitrogens with zero attached hydrogens (tertiary/aromatic N) is 2. The third kappa shape index (κ3) is 3.24. The summed E-state index contributed by atoms with van der Waals surface area (Å²) in [6.07, 6.45) is 2.76. The van der Waals surface area contributed by atoms with Gasteiger partial charge in [0.1, 0.15) is 11.8 Å². The van der Waals surface area contributed by atoms with E-state index in [2.05, 4.69) is 24.0 Å². The predicted molar refractivity (Wildman–Crippen MR) is 71.4 cm³/mol. The van der Waals surface area contributed by atoms with Gasteiger partial charge in [-0.05, 0) is 43.0 Å². The van der Waals surface area contributed by atoms with Crippen molar-refractivity contribution in [1.82, 2.24) is 4.90 Å². The van der Waals surface area contributed by atoms with Gasteiger partial charge in [0, 0.05) is 13.1 Å². The van der Waals surface area contributed by atoms with Gasteiger partial charge in [-0.1, -0.05) is 13.0 Å². The van der Waals surface area contributed by atoms with Crippen LogP contribution in [-0.4, -0.2) is 25.1 Å². The Morgan fingerprint density at radius 2 is 2.22 bits per heavy atom. The van der Waals surface area contributed by atoms with Crippen LogP contribution in [0.15, 0.2) is 18.2 Å². The molecule has 0 saturated heterocycles. The molecule has 0 bridgehead atoms. The van der Waals surface area contributed by atoms with Gasteiger partial charge in [-0.25, -0.2) is 0 Å². The lowest BCUT2D eigenvalue weighted by molar-refractivity contribution is 0.268. The molecule has 1 aliphatic carbocycles. The molecule has 0 heterocycles. The molecule has 0 N–H and O–H groups in total. The molecule has 0 radical (unpaired) electrons. The van der Waals surface area contributed by atoms with Crippen molar-refractivity contribution < 1.29 is 4.74 Å². The van der Waals surface area contributed by atoms with E-state index in [0.29, 0.717) is 11.3 Å². The normalized spacial score (nSPS) is 14.6. The summed E-state index contributed by atoms with van der Waals surface area (Å²) >= 11 is 0. The Balaban J connectivity index is 2.05. The third-order valence-corrected chi connectivity index (χ3v) is 3.45. The Kier molecular flexibility index (Phi) is 4.22. The molecule has 0 unspecified atom stereocenters. The topological polar surface area (TPSA) is 36.3 Å². The fourth-order valence-electron chi connectivity index (χ4n) is 2.17. The minimum Gasteiger partial charge on any atom is -0.495 e. The van der Waals surface area contributed by atoms with Crippen LogP contribution in [0.2, 0.25) is 0 Å². The van der Waals surface area contributed by atoms with Crippen LogP contribution in [0.4, 0.5) is 0 Å². The van der Waals surface area contributed by atoms with Crippen molar-refractivity contribution in [2.24, 2.45) is 5.92 Å². The van der Waals surface area contributed by atoms with Crippen molar-refractivity contribution in [3.05, 3.63) is 29.3 Å². The molecule has 3 nitrogen and oxygen atoms in total. The molecule has 0 aliphatic heterocycles. The Morgan fingerprint density at radius 1 is 1.44 bits per heavy atom. The van der Waals surface area contributed by atoms with Crippen molar-refractivity contribution in [2.45, 2.75) is 26.3 Å². The molecule has 3 heteroatoms. The highest BCUT2D eigenvalue weighted by Crippen LogP contribution is 2.30. The van der Waals surface area contributed by atoms with Gasteiger partial charge in [-0.2, -0.15) is 5.26 Å². The average molecular weight is 244 g/mol. The van der Waals surface area contributed by atoms with Crippen LogP contribution in [0, 0.1) is 17.2 Å². The van der Waals surface area contributed by atoms with Gasteiger partial charge in [0.15, 0.2) is 0 Å². The van der Waals surface area contributed by atoms with Crippen LogP contribution in [0.1, 0.15) is 30.9 Å². The highest BCUT2D eigenvalue weighted by atomic mass is 16.5. The monoisotopic (exact) mass is 244 g/mol. The zero-order valence-corrected chi connectivity index (χ0v) is 11.1. The van der Waals surface area contributed by atoms with E-state index >= 15 is 0 Å². The second-order valence-corrected chi connectivity index (χ2v) is 4.92. The summed E-state index contributed by atoms with van der Waals surface area (Å²) in [6, 6.07) is 8.07. The summed E-state index contributed by atoms with van der Waals surface area (Å²) < 4.78 is 5.16. The average Bonchev–Trinajstić information content (AvgIpc) is 3.21. The van der Waals surface area contributed by atoms with E-state index in [1.165, 1.54) is 24.9 Å². The summed E-state index contributed by atoms with van der Waals surface area (Å²) in [5.74, 6) is 1.56. The molecular weight excluding hydrogens is 224 g/mol. The van der Waals surface area contributed by atoms with Crippen molar-refractivity contribution in [3.8, 4) is 11.8 Å². The molecule has 1 aromatic carbocycles. The van der Waals surface area contributed by atoms with Crippen LogP contribution >= 0.6 is 0 Å². The number of rotatable bonds is 6. The second-order valence-electron chi connectivity index (χ2n) is 4.92. The molecule has 2 rings (SSSR count). The molecule has 1 aliphatic rings. The molecule has 1 fully saturated rings. The third-order valence-electron chi connectivity index (χ3n) is 3.45. The van der Waals surface area contributed by atoms with Gasteiger partial charge in [0.2, 0.25) is 0 Å². The van der Waals surface area contributed by atoms with E-state index in [0.717, 1.165) is 19.0 Å². The molecule has 0 atom stereocenters. The molecule has 96 valence electrons. The van der Waals surface area contributed by atoms with Crippen LogP contribution < -0.4 is 4.74 Å². The van der Waals surface area contributed by atoms with Crippen LogP contribution in [0.25, 0.3) is 0 Å². The highest BCUT2D eigenvalue weighted by Gasteiger charge is 2.23. The number of benzene rings is 1. The quantitative estimate of drug-likeness (QED) is 0.772. The Hall–Kier alpha value is -1.53. The van der Waals surface area contributed by atoms with Crippen LogP contribution in [0.5, 0.6) is 5.75 Å². The summed E-state index contributed by atoms with van der Waals surface area (Å²) in [4.78, 5) is 2.45. The first-order valence-corrected chi connectivity index (χ1v) is 6.56. The number of hydrogen-bond donors (Lipinski definition) is 0. The largest absolute Gasteiger partial charge is 0.495 e. The molecule has 18 heavy (non-hydrogen) atoms. The lowest BCUT2D eigenvalue weighted by Crippen LogP contribution is -2.25. The van der Waals surface area contributed by atoms with Crippen LogP contribution in [-0.2, 0) is 6.54 Å². The highest BCUT2D eigenvalue weighted by molar-refractivity contribution is 5.45. The molecule has 1 saturated carbocycles. The number of hydrogen-bond acceptors (Lipinski definition) is 3. The first-order chi connectivity index (χ1) is 8.76. The SMILES string of the molecule is CCN(Cc1ccc(OC)c(C#N)c1)CC1CC1. The minimum absolute atomic E-state index is 0.623. The van der Waals surface area contributed by atoms with Crippen molar-refractivity contribution in [1.29, 1.82) is 5.26 Å². The molecule has 0 amide bonds. The van der Waals surface area contributed by atoms with E-state index in [-0.39, 0.29) is 0 Å².